The Balaban J connectivity index is 2.23. The molecule has 0 radical (unpaired) electrons. The highest BCUT2D eigenvalue weighted by atomic mass is 16.6. The summed E-state index contributed by atoms with van der Waals surface area (Å²) >= 11 is 0. The third-order valence-corrected chi connectivity index (χ3v) is 1.39. The van der Waals surface area contributed by atoms with Crippen LogP contribution in [-0.4, -0.2) is 43.5 Å². The van der Waals surface area contributed by atoms with Crippen molar-refractivity contribution in [2.45, 2.75) is 0 Å². The molecule has 4 heteroatoms. The van der Waals surface area contributed by atoms with Gasteiger partial charge in [0.15, 0.2) is 0 Å². The van der Waals surface area contributed by atoms with E-state index in [4.69, 9.17) is 4.74 Å². The van der Waals surface area contributed by atoms with Crippen molar-refractivity contribution in [2.24, 2.45) is 0 Å². The van der Waals surface area contributed by atoms with E-state index in [0.717, 1.165) is 18.3 Å². The quantitative estimate of drug-likeness (QED) is 0.456. The second-order valence-corrected chi connectivity index (χ2v) is 2.03. The average molecular weight is 131 g/mol. The summed E-state index contributed by atoms with van der Waals surface area (Å²) in [6, 6.07) is 0. The normalized spacial score (nSPS) is 23.0. The fraction of sp³-hybridized carbons (Fsp3) is 1.00. The molecular formula is C5H11N2O2-. The molecule has 0 aromatic rings. The number of hydroxylamine groups is 1. The lowest BCUT2D eigenvalue weighted by Crippen LogP contribution is -2.43. The Labute approximate surface area is 54.5 Å². The van der Waals surface area contributed by atoms with Gasteiger partial charge in [-0.3, -0.25) is 0 Å². The molecule has 1 aliphatic heterocycles. The first-order chi connectivity index (χ1) is 4.30. The van der Waals surface area contributed by atoms with E-state index in [-0.39, 0.29) is 0 Å². The molecule has 0 aliphatic carbocycles. The molecule has 0 unspecified atom stereocenters. The van der Waals surface area contributed by atoms with Crippen molar-refractivity contribution in [2.75, 3.05) is 33.4 Å². The maximum absolute atomic E-state index is 10.6. The molecule has 0 aromatic carbocycles. The van der Waals surface area contributed by atoms with Crippen LogP contribution in [0.2, 0.25) is 0 Å². The maximum Gasteiger partial charge on any atom is 0.0607 e. The summed E-state index contributed by atoms with van der Waals surface area (Å²) in [4.78, 5) is 0. The molecule has 9 heavy (non-hydrogen) atoms. The lowest BCUT2D eigenvalue weighted by atomic mass is 10.5. The Morgan fingerprint density at radius 3 is 2.33 bits per heavy atom. The van der Waals surface area contributed by atoms with Gasteiger partial charge in [-0.05, 0) is 7.05 Å². The first-order valence-corrected chi connectivity index (χ1v) is 3.04. The highest BCUT2D eigenvalue weighted by Gasteiger charge is 2.07. The van der Waals surface area contributed by atoms with Crippen molar-refractivity contribution in [3.63, 3.8) is 0 Å². The van der Waals surface area contributed by atoms with Gasteiger partial charge >= 0.3 is 0 Å². The van der Waals surface area contributed by atoms with Crippen LogP contribution in [0.4, 0.5) is 0 Å². The summed E-state index contributed by atoms with van der Waals surface area (Å²) in [5, 5.41) is 13.2. The van der Waals surface area contributed by atoms with Crippen LogP contribution in [-0.2, 0) is 4.74 Å². The number of ether oxygens (including phenoxy) is 1. The Morgan fingerprint density at radius 1 is 1.44 bits per heavy atom. The van der Waals surface area contributed by atoms with Crippen molar-refractivity contribution >= 4 is 0 Å². The Bertz CT molecular complexity index is 81.0. The third-order valence-electron chi connectivity index (χ3n) is 1.39. The minimum absolute atomic E-state index is 0.673. The van der Waals surface area contributed by atoms with Crippen LogP contribution in [0.25, 0.3) is 0 Å². The summed E-state index contributed by atoms with van der Waals surface area (Å²) in [7, 11) is 1.51. The van der Waals surface area contributed by atoms with Crippen LogP contribution >= 0.6 is 0 Å². The molecule has 1 fully saturated rings. The van der Waals surface area contributed by atoms with Crippen LogP contribution in [0.15, 0.2) is 0 Å². The number of nitrogens with zero attached hydrogens (tertiary/aromatic N) is 2. The highest BCUT2D eigenvalue weighted by molar-refractivity contribution is 4.57. The smallest absolute Gasteiger partial charge is 0.0607 e. The largest absolute Gasteiger partial charge is 0.772 e. The van der Waals surface area contributed by atoms with Gasteiger partial charge in [-0.25, -0.2) is 5.01 Å². The van der Waals surface area contributed by atoms with E-state index < -0.39 is 0 Å². The van der Waals surface area contributed by atoms with E-state index in [9.17, 15) is 5.21 Å². The minimum Gasteiger partial charge on any atom is -0.772 e. The van der Waals surface area contributed by atoms with E-state index in [1.54, 1.807) is 5.01 Å². The molecule has 54 valence electrons. The lowest BCUT2D eigenvalue weighted by Gasteiger charge is -2.38. The predicted octanol–water partition coefficient (Wildman–Crippen LogP) is -0.337. The zero-order valence-corrected chi connectivity index (χ0v) is 5.54. The molecule has 1 saturated heterocycles. The summed E-state index contributed by atoms with van der Waals surface area (Å²) in [6.07, 6.45) is 0. The molecule has 1 heterocycles. The lowest BCUT2D eigenvalue weighted by molar-refractivity contribution is -0.0498. The van der Waals surface area contributed by atoms with E-state index in [1.807, 2.05) is 0 Å². The Hall–Kier alpha value is -0.160. The predicted molar refractivity (Wildman–Crippen MR) is 33.5 cm³/mol. The topological polar surface area (TPSA) is 38.8 Å². The second-order valence-electron chi connectivity index (χ2n) is 2.03. The van der Waals surface area contributed by atoms with Gasteiger partial charge in [0.25, 0.3) is 0 Å². The monoisotopic (exact) mass is 131 g/mol. The summed E-state index contributed by atoms with van der Waals surface area (Å²) < 4.78 is 5.04. The fourth-order valence-electron chi connectivity index (χ4n) is 0.835. The zero-order valence-electron chi connectivity index (χ0n) is 5.54. The molecule has 4 nitrogen and oxygen atoms in total. The molecule has 0 N–H and O–H groups in total. The number of rotatable bonds is 1. The van der Waals surface area contributed by atoms with Crippen LogP contribution in [0.3, 0.4) is 0 Å². The first-order valence-electron chi connectivity index (χ1n) is 3.04. The molecule has 0 aromatic heterocycles. The number of hydrazine groups is 1. The van der Waals surface area contributed by atoms with Crippen LogP contribution < -0.4 is 0 Å². The zero-order chi connectivity index (χ0) is 6.69. The van der Waals surface area contributed by atoms with Crippen molar-refractivity contribution < 1.29 is 4.74 Å². The van der Waals surface area contributed by atoms with Gasteiger partial charge in [0.1, 0.15) is 0 Å². The fourth-order valence-corrected chi connectivity index (χ4v) is 0.835. The van der Waals surface area contributed by atoms with Crippen LogP contribution in [0, 0.1) is 5.21 Å². The Kier molecular flexibility index (Phi) is 2.41. The summed E-state index contributed by atoms with van der Waals surface area (Å²) in [5.41, 5.74) is 0. The summed E-state index contributed by atoms with van der Waals surface area (Å²) in [5.74, 6) is 0. The van der Waals surface area contributed by atoms with Gasteiger partial charge < -0.3 is 15.1 Å². The average Bonchev–Trinajstić information content (AvgIpc) is 1.90. The highest BCUT2D eigenvalue weighted by Crippen LogP contribution is 1.97. The minimum atomic E-state index is 0.673. The van der Waals surface area contributed by atoms with Crippen LogP contribution in [0.5, 0.6) is 0 Å². The van der Waals surface area contributed by atoms with Gasteiger partial charge in [-0.1, -0.05) is 0 Å². The SMILES string of the molecule is CN([O-])N1CCOCC1. The van der Waals surface area contributed by atoms with Gasteiger partial charge in [0.05, 0.1) is 13.2 Å². The van der Waals surface area contributed by atoms with Crippen molar-refractivity contribution in [3.05, 3.63) is 5.21 Å². The molecule has 0 spiro atoms. The number of hydrogen-bond donors (Lipinski definition) is 0. The molecule has 0 bridgehead atoms. The van der Waals surface area contributed by atoms with E-state index >= 15 is 0 Å². The third kappa shape index (κ3) is 1.91. The number of morpholine rings is 1. The number of hydrogen-bond acceptors (Lipinski definition) is 4. The molecule has 1 rings (SSSR count). The summed E-state index contributed by atoms with van der Waals surface area (Å²) in [6.45, 7) is 2.79. The molecular weight excluding hydrogens is 120 g/mol. The van der Waals surface area contributed by atoms with Crippen LogP contribution in [0.1, 0.15) is 0 Å². The van der Waals surface area contributed by atoms with Crippen molar-refractivity contribution in [1.29, 1.82) is 0 Å². The first kappa shape index (κ1) is 6.95. The van der Waals surface area contributed by atoms with Crippen molar-refractivity contribution in [1.82, 2.24) is 10.2 Å². The molecule has 1 aliphatic rings. The van der Waals surface area contributed by atoms with Gasteiger partial charge in [-0.15, -0.1) is 0 Å². The molecule has 0 saturated carbocycles. The molecule has 0 atom stereocenters. The van der Waals surface area contributed by atoms with E-state index in [1.165, 1.54) is 7.05 Å². The standard InChI is InChI=1S/C5H11N2O2/c1-6(8)7-2-4-9-5-3-7/h2-5H2,1H3/q-1. The molecule has 0 amide bonds. The van der Waals surface area contributed by atoms with Crippen molar-refractivity contribution in [3.8, 4) is 0 Å². The van der Waals surface area contributed by atoms with Gasteiger partial charge in [0, 0.05) is 13.1 Å². The van der Waals surface area contributed by atoms with E-state index in [2.05, 4.69) is 0 Å². The maximum atomic E-state index is 10.6. The van der Waals surface area contributed by atoms with Gasteiger partial charge in [0.2, 0.25) is 0 Å². The Morgan fingerprint density at radius 2 is 2.00 bits per heavy atom. The van der Waals surface area contributed by atoms with E-state index in [0.29, 0.717) is 13.2 Å². The van der Waals surface area contributed by atoms with Gasteiger partial charge in [-0.2, -0.15) is 0 Å². The second kappa shape index (κ2) is 3.12.